The lowest BCUT2D eigenvalue weighted by Gasteiger charge is -2.13. The van der Waals surface area contributed by atoms with Gasteiger partial charge in [-0.25, -0.2) is 0 Å². The van der Waals surface area contributed by atoms with Crippen molar-refractivity contribution in [3.8, 4) is 5.75 Å². The van der Waals surface area contributed by atoms with Gasteiger partial charge in [-0.15, -0.1) is 0 Å². The number of nitrogens with zero attached hydrogens (tertiary/aromatic N) is 2. The van der Waals surface area contributed by atoms with Crippen molar-refractivity contribution in [2.24, 2.45) is 7.05 Å². The summed E-state index contributed by atoms with van der Waals surface area (Å²) in [5, 5.41) is 14.8. The van der Waals surface area contributed by atoms with Crippen LogP contribution in [0, 0.1) is 6.92 Å². The number of ether oxygens (including phenoxy) is 1. The third-order valence-electron chi connectivity index (χ3n) is 3.61. The van der Waals surface area contributed by atoms with Gasteiger partial charge >= 0.3 is 0 Å². The van der Waals surface area contributed by atoms with Crippen LogP contribution in [-0.2, 0) is 19.9 Å². The quantitative estimate of drug-likeness (QED) is 0.911. The lowest BCUT2D eigenvalue weighted by atomic mass is 10.0. The highest BCUT2D eigenvalue weighted by atomic mass is 16.5. The van der Waals surface area contributed by atoms with Crippen LogP contribution in [0.1, 0.15) is 35.5 Å². The normalized spacial score (nSPS) is 12.4. The molecule has 0 aliphatic heterocycles. The molecular formula is C16H22N2O2. The van der Waals surface area contributed by atoms with Crippen LogP contribution in [-0.4, -0.2) is 22.0 Å². The van der Waals surface area contributed by atoms with E-state index in [0.717, 1.165) is 34.7 Å². The maximum Gasteiger partial charge on any atom is 0.122 e. The second-order valence-electron chi connectivity index (χ2n) is 5.05. The molecule has 108 valence electrons. The molecule has 0 saturated heterocycles. The third kappa shape index (κ3) is 3.02. The first-order valence-electron chi connectivity index (χ1n) is 6.89. The van der Waals surface area contributed by atoms with E-state index >= 15 is 0 Å². The van der Waals surface area contributed by atoms with E-state index in [2.05, 4.69) is 18.1 Å². The Morgan fingerprint density at radius 1 is 1.35 bits per heavy atom. The molecule has 20 heavy (non-hydrogen) atoms. The fraction of sp³-hybridized carbons (Fsp3) is 0.438. The zero-order valence-corrected chi connectivity index (χ0v) is 12.6. The van der Waals surface area contributed by atoms with Gasteiger partial charge in [-0.2, -0.15) is 5.10 Å². The van der Waals surface area contributed by atoms with E-state index in [1.54, 1.807) is 7.11 Å². The number of hydrogen-bond donors (Lipinski definition) is 1. The summed E-state index contributed by atoms with van der Waals surface area (Å²) in [4.78, 5) is 0. The highest BCUT2D eigenvalue weighted by Gasteiger charge is 2.14. The Bertz CT molecular complexity index is 590. The monoisotopic (exact) mass is 274 g/mol. The van der Waals surface area contributed by atoms with E-state index in [0.29, 0.717) is 6.42 Å². The molecule has 0 radical (unpaired) electrons. The van der Waals surface area contributed by atoms with Gasteiger partial charge in [0.05, 0.1) is 18.9 Å². The Morgan fingerprint density at radius 3 is 2.70 bits per heavy atom. The molecule has 4 nitrogen and oxygen atoms in total. The number of aryl methyl sites for hydroxylation is 3. The molecule has 0 amide bonds. The van der Waals surface area contributed by atoms with E-state index in [4.69, 9.17) is 4.74 Å². The van der Waals surface area contributed by atoms with Crippen LogP contribution in [0.5, 0.6) is 5.75 Å². The van der Waals surface area contributed by atoms with E-state index < -0.39 is 6.10 Å². The summed E-state index contributed by atoms with van der Waals surface area (Å²) in [5.41, 5.74) is 4.02. The molecule has 4 heteroatoms. The lowest BCUT2D eigenvalue weighted by Crippen LogP contribution is -2.06. The Hall–Kier alpha value is -1.81. The van der Waals surface area contributed by atoms with Crippen molar-refractivity contribution in [2.75, 3.05) is 7.11 Å². The zero-order valence-electron chi connectivity index (χ0n) is 12.6. The molecule has 1 unspecified atom stereocenters. The van der Waals surface area contributed by atoms with E-state index in [9.17, 15) is 5.11 Å². The van der Waals surface area contributed by atoms with Crippen molar-refractivity contribution in [3.63, 3.8) is 0 Å². The first-order valence-corrected chi connectivity index (χ1v) is 6.89. The lowest BCUT2D eigenvalue weighted by molar-refractivity contribution is 0.175. The Kier molecular flexibility index (Phi) is 4.45. The van der Waals surface area contributed by atoms with Gasteiger partial charge in [0, 0.05) is 19.2 Å². The van der Waals surface area contributed by atoms with Crippen molar-refractivity contribution >= 4 is 0 Å². The molecule has 0 aliphatic rings. The molecule has 0 spiro atoms. The van der Waals surface area contributed by atoms with Gasteiger partial charge < -0.3 is 9.84 Å². The molecule has 1 atom stereocenters. The molecule has 1 N–H and O–H groups in total. The summed E-state index contributed by atoms with van der Waals surface area (Å²) in [6.45, 7) is 4.07. The van der Waals surface area contributed by atoms with E-state index in [1.807, 2.05) is 36.9 Å². The predicted molar refractivity (Wildman–Crippen MR) is 79.0 cm³/mol. The fourth-order valence-corrected chi connectivity index (χ4v) is 2.30. The Morgan fingerprint density at radius 2 is 2.10 bits per heavy atom. The van der Waals surface area contributed by atoms with Gasteiger partial charge in [-0.05, 0) is 36.6 Å². The fourth-order valence-electron chi connectivity index (χ4n) is 2.30. The standard InChI is InChI=1S/C16H22N2O2/c1-5-13-9-14(18(3)17-13)10-15(19)12-7-6-11(2)16(8-12)20-4/h6-9,15,19H,5,10H2,1-4H3. The van der Waals surface area contributed by atoms with Gasteiger partial charge in [0.2, 0.25) is 0 Å². The van der Waals surface area contributed by atoms with Gasteiger partial charge in [0.25, 0.3) is 0 Å². The number of rotatable bonds is 5. The van der Waals surface area contributed by atoms with Crippen LogP contribution < -0.4 is 4.74 Å². The molecule has 1 heterocycles. The third-order valence-corrected chi connectivity index (χ3v) is 3.61. The Labute approximate surface area is 120 Å². The molecule has 2 rings (SSSR count). The molecule has 0 bridgehead atoms. The predicted octanol–water partition coefficient (Wildman–Crippen LogP) is 2.58. The molecule has 0 fully saturated rings. The SMILES string of the molecule is CCc1cc(CC(O)c2ccc(C)c(OC)c2)n(C)n1. The summed E-state index contributed by atoms with van der Waals surface area (Å²) in [6, 6.07) is 7.86. The van der Waals surface area contributed by atoms with Crippen molar-refractivity contribution in [1.29, 1.82) is 0 Å². The van der Waals surface area contributed by atoms with Crippen LogP contribution in [0.15, 0.2) is 24.3 Å². The van der Waals surface area contributed by atoms with Gasteiger partial charge in [-0.3, -0.25) is 4.68 Å². The summed E-state index contributed by atoms with van der Waals surface area (Å²) in [5.74, 6) is 0.806. The summed E-state index contributed by atoms with van der Waals surface area (Å²) < 4.78 is 7.14. The average Bonchev–Trinajstić information content (AvgIpc) is 2.79. The average molecular weight is 274 g/mol. The first kappa shape index (κ1) is 14.6. The van der Waals surface area contributed by atoms with Gasteiger partial charge in [0.1, 0.15) is 5.75 Å². The van der Waals surface area contributed by atoms with Crippen molar-refractivity contribution in [3.05, 3.63) is 46.8 Å². The molecule has 2 aromatic rings. The van der Waals surface area contributed by atoms with E-state index in [-0.39, 0.29) is 0 Å². The van der Waals surface area contributed by atoms with Gasteiger partial charge in [0.15, 0.2) is 0 Å². The molecule has 0 saturated carbocycles. The summed E-state index contributed by atoms with van der Waals surface area (Å²) >= 11 is 0. The van der Waals surface area contributed by atoms with Crippen molar-refractivity contribution in [1.82, 2.24) is 9.78 Å². The molecule has 0 aliphatic carbocycles. The molecule has 1 aromatic carbocycles. The summed E-state index contributed by atoms with van der Waals surface area (Å²) in [7, 11) is 3.56. The molecule has 1 aromatic heterocycles. The topological polar surface area (TPSA) is 47.3 Å². The van der Waals surface area contributed by atoms with Crippen LogP contribution in [0.4, 0.5) is 0 Å². The van der Waals surface area contributed by atoms with Crippen LogP contribution in [0.25, 0.3) is 0 Å². The zero-order chi connectivity index (χ0) is 14.7. The Balaban J connectivity index is 2.18. The maximum absolute atomic E-state index is 10.4. The minimum atomic E-state index is -0.551. The number of aromatic nitrogens is 2. The number of aliphatic hydroxyl groups is 1. The molecular weight excluding hydrogens is 252 g/mol. The largest absolute Gasteiger partial charge is 0.496 e. The second kappa shape index (κ2) is 6.09. The number of aliphatic hydroxyl groups excluding tert-OH is 1. The number of hydrogen-bond acceptors (Lipinski definition) is 3. The summed E-state index contributed by atoms with van der Waals surface area (Å²) in [6.07, 6.45) is 0.905. The maximum atomic E-state index is 10.4. The smallest absolute Gasteiger partial charge is 0.122 e. The highest BCUT2D eigenvalue weighted by molar-refractivity contribution is 5.37. The highest BCUT2D eigenvalue weighted by Crippen LogP contribution is 2.25. The number of benzene rings is 1. The van der Waals surface area contributed by atoms with Crippen LogP contribution in [0.3, 0.4) is 0 Å². The van der Waals surface area contributed by atoms with Crippen molar-refractivity contribution < 1.29 is 9.84 Å². The van der Waals surface area contributed by atoms with Crippen LogP contribution in [0.2, 0.25) is 0 Å². The minimum Gasteiger partial charge on any atom is -0.496 e. The second-order valence-corrected chi connectivity index (χ2v) is 5.05. The van der Waals surface area contributed by atoms with Gasteiger partial charge in [-0.1, -0.05) is 19.1 Å². The van der Waals surface area contributed by atoms with Crippen LogP contribution >= 0.6 is 0 Å². The first-order chi connectivity index (χ1) is 9.55. The number of methoxy groups -OCH3 is 1. The van der Waals surface area contributed by atoms with Crippen molar-refractivity contribution in [2.45, 2.75) is 32.8 Å². The van der Waals surface area contributed by atoms with E-state index in [1.165, 1.54) is 0 Å². The minimum absolute atomic E-state index is 0.551.